The van der Waals surface area contributed by atoms with Crippen LogP contribution in [0.3, 0.4) is 0 Å². The first kappa shape index (κ1) is 47.1. The fraction of sp³-hybridized carbons (Fsp3) is 0.476. The summed E-state index contributed by atoms with van der Waals surface area (Å²) in [6.07, 6.45) is 0.0138. The summed E-state index contributed by atoms with van der Waals surface area (Å²) in [6, 6.07) is 7.31. The number of benzene rings is 2. The van der Waals surface area contributed by atoms with E-state index in [1.54, 1.807) is 38.1 Å². The van der Waals surface area contributed by atoms with Gasteiger partial charge in [0, 0.05) is 19.8 Å². The van der Waals surface area contributed by atoms with E-state index in [-0.39, 0.29) is 36.6 Å². The summed E-state index contributed by atoms with van der Waals surface area (Å²) >= 11 is 0. The number of phenols is 1. The van der Waals surface area contributed by atoms with Gasteiger partial charge in [-0.05, 0) is 62.3 Å². The number of rotatable bonds is 14. The summed E-state index contributed by atoms with van der Waals surface area (Å²) in [5.41, 5.74) is 0.997. The predicted octanol–water partition coefficient (Wildman–Crippen LogP) is 0.793. The van der Waals surface area contributed by atoms with Crippen LogP contribution in [0.15, 0.2) is 66.4 Å². The van der Waals surface area contributed by atoms with Gasteiger partial charge >= 0.3 is 5.97 Å². The Morgan fingerprint density at radius 1 is 0.746 bits per heavy atom. The Morgan fingerprint density at radius 2 is 1.31 bits per heavy atom. The molecule has 320 valence electrons. The van der Waals surface area contributed by atoms with Crippen LogP contribution in [0.4, 0.5) is 0 Å². The second-order valence-electron chi connectivity index (χ2n) is 15.3. The Bertz CT molecular complexity index is 1870. The molecular formula is C42H57N7O10. The number of hydrogen-bond donors (Lipinski definition) is 8. The van der Waals surface area contributed by atoms with Crippen molar-refractivity contribution >= 4 is 47.3 Å². The maximum Gasteiger partial charge on any atom is 0.354 e. The largest absolute Gasteiger partial charge is 0.508 e. The quantitative estimate of drug-likeness (QED) is 0.0984. The van der Waals surface area contributed by atoms with E-state index in [0.717, 1.165) is 5.56 Å². The molecule has 0 saturated carbocycles. The highest BCUT2D eigenvalue weighted by Gasteiger charge is 2.38. The van der Waals surface area contributed by atoms with Gasteiger partial charge in [0.15, 0.2) is 0 Å². The second kappa shape index (κ2) is 22.0. The van der Waals surface area contributed by atoms with Gasteiger partial charge in [-0.15, -0.1) is 0 Å². The molecule has 1 fully saturated rings. The topological polar surface area (TPSA) is 250 Å². The fourth-order valence-electron chi connectivity index (χ4n) is 6.21. The molecule has 3 rings (SSSR count). The molecule has 0 aliphatic carbocycles. The first-order chi connectivity index (χ1) is 27.8. The monoisotopic (exact) mass is 819 g/mol. The maximum absolute atomic E-state index is 14.3. The predicted molar refractivity (Wildman–Crippen MR) is 217 cm³/mol. The van der Waals surface area contributed by atoms with Crippen LogP contribution in [0.1, 0.15) is 72.9 Å². The molecule has 1 aliphatic rings. The smallest absolute Gasteiger partial charge is 0.354 e. The van der Waals surface area contributed by atoms with Crippen molar-refractivity contribution < 1.29 is 48.2 Å². The van der Waals surface area contributed by atoms with E-state index in [2.05, 4.69) is 37.2 Å². The summed E-state index contributed by atoms with van der Waals surface area (Å²) in [5.74, 6) is -6.71. The summed E-state index contributed by atoms with van der Waals surface area (Å²) < 4.78 is 5.57. The van der Waals surface area contributed by atoms with Gasteiger partial charge in [0.25, 0.3) is 0 Å². The van der Waals surface area contributed by atoms with E-state index in [1.165, 1.54) is 58.0 Å². The molecule has 17 nitrogen and oxygen atoms in total. The van der Waals surface area contributed by atoms with Gasteiger partial charge in [-0.25, -0.2) is 4.79 Å². The van der Waals surface area contributed by atoms with E-state index < -0.39 is 95.6 Å². The minimum Gasteiger partial charge on any atom is -0.508 e. The average Bonchev–Trinajstić information content (AvgIpc) is 3.17. The van der Waals surface area contributed by atoms with Crippen LogP contribution in [0.25, 0.3) is 0 Å². The van der Waals surface area contributed by atoms with Crippen molar-refractivity contribution in [2.45, 2.75) is 117 Å². The van der Waals surface area contributed by atoms with Crippen molar-refractivity contribution in [1.82, 2.24) is 37.2 Å². The fourth-order valence-corrected chi connectivity index (χ4v) is 6.21. The minimum absolute atomic E-state index is 0.0473. The van der Waals surface area contributed by atoms with Crippen LogP contribution in [0.5, 0.6) is 5.75 Å². The van der Waals surface area contributed by atoms with Crippen molar-refractivity contribution in [3.63, 3.8) is 0 Å². The number of amides is 7. The highest BCUT2D eigenvalue weighted by Crippen LogP contribution is 2.15. The van der Waals surface area contributed by atoms with E-state index in [0.29, 0.717) is 5.56 Å². The van der Waals surface area contributed by atoms with Gasteiger partial charge in [0.05, 0.1) is 0 Å². The number of hydrogen-bond acceptors (Lipinski definition) is 10. The molecule has 8 N–H and O–H groups in total. The lowest BCUT2D eigenvalue weighted by molar-refractivity contribution is -0.149. The normalized spacial score (nSPS) is 21.2. The van der Waals surface area contributed by atoms with Crippen molar-refractivity contribution in [1.29, 1.82) is 0 Å². The van der Waals surface area contributed by atoms with E-state index in [4.69, 9.17) is 4.74 Å². The Morgan fingerprint density at radius 3 is 1.86 bits per heavy atom. The van der Waals surface area contributed by atoms with Gasteiger partial charge in [-0.2, -0.15) is 0 Å². The molecule has 17 heteroatoms. The van der Waals surface area contributed by atoms with Crippen molar-refractivity contribution in [2.24, 2.45) is 11.8 Å². The van der Waals surface area contributed by atoms with Crippen LogP contribution >= 0.6 is 0 Å². The molecule has 0 unspecified atom stereocenters. The number of ether oxygens (including phenoxy) is 1. The van der Waals surface area contributed by atoms with E-state index >= 15 is 0 Å². The molecule has 0 bridgehead atoms. The Labute approximate surface area is 344 Å². The third kappa shape index (κ3) is 14.6. The molecule has 1 heterocycles. The molecule has 7 atom stereocenters. The van der Waals surface area contributed by atoms with Crippen molar-refractivity contribution in [3.05, 3.63) is 77.5 Å². The molecular weight excluding hydrogens is 763 g/mol. The van der Waals surface area contributed by atoms with Crippen LogP contribution < -0.4 is 37.2 Å². The maximum atomic E-state index is 14.3. The Balaban J connectivity index is 1.99. The molecule has 0 spiro atoms. The zero-order chi connectivity index (χ0) is 44.0. The highest BCUT2D eigenvalue weighted by molar-refractivity contribution is 6.00. The van der Waals surface area contributed by atoms with Crippen LogP contribution in [-0.4, -0.2) is 94.8 Å². The average molecular weight is 820 g/mol. The summed E-state index contributed by atoms with van der Waals surface area (Å²) in [7, 11) is 0. The number of allylic oxidation sites excluding steroid dienone is 1. The number of carbonyl (C=O) groups is 8. The van der Waals surface area contributed by atoms with Gasteiger partial charge in [-0.1, -0.05) is 76.2 Å². The number of aromatic hydroxyl groups is 1. The zero-order valence-corrected chi connectivity index (χ0v) is 34.7. The second-order valence-corrected chi connectivity index (χ2v) is 15.3. The minimum atomic E-state index is -1.63. The highest BCUT2D eigenvalue weighted by atomic mass is 16.5. The molecule has 0 radical (unpaired) electrons. The number of phenolic OH excluding ortho intramolecular Hbond substituents is 1. The zero-order valence-electron chi connectivity index (χ0n) is 34.7. The SMILES string of the molecule is C/C=C1\NC(=O)[C@H](C)NC(=O)[C@H](C(C)C)NC(=O)[C@H](NC(=O)[C@H](Cc2ccc(O)cc2)NC(=O)[C@@H](CC(C)C)NC(=O)[C@@H](Cc2ccccc2)NC(C)=O)[C@@H](C)OC1=O. The molecule has 1 saturated heterocycles. The van der Waals surface area contributed by atoms with Crippen LogP contribution in [0.2, 0.25) is 0 Å². The van der Waals surface area contributed by atoms with Gasteiger partial charge in [0.2, 0.25) is 41.4 Å². The third-order valence-corrected chi connectivity index (χ3v) is 9.43. The lowest BCUT2D eigenvalue weighted by Gasteiger charge is -2.30. The molecule has 1 aliphatic heterocycles. The summed E-state index contributed by atoms with van der Waals surface area (Å²) in [6.45, 7) is 12.5. The lowest BCUT2D eigenvalue weighted by Crippen LogP contribution is -2.62. The first-order valence-electron chi connectivity index (χ1n) is 19.6. The van der Waals surface area contributed by atoms with Gasteiger partial charge in [0.1, 0.15) is 53.8 Å². The molecule has 0 aromatic heterocycles. The van der Waals surface area contributed by atoms with Gasteiger partial charge < -0.3 is 47.1 Å². The number of cyclic esters (lactones) is 1. The number of carbonyl (C=O) groups excluding carboxylic acids is 8. The van der Waals surface area contributed by atoms with Crippen molar-refractivity contribution in [3.8, 4) is 5.75 Å². The van der Waals surface area contributed by atoms with Crippen LogP contribution in [-0.2, 0) is 55.9 Å². The molecule has 7 amide bonds. The van der Waals surface area contributed by atoms with E-state index in [9.17, 15) is 43.5 Å². The first-order valence-corrected chi connectivity index (χ1v) is 19.6. The molecule has 2 aromatic carbocycles. The lowest BCUT2D eigenvalue weighted by atomic mass is 9.99. The number of esters is 1. The molecule has 2 aromatic rings. The number of nitrogens with one attached hydrogen (secondary N) is 7. The van der Waals surface area contributed by atoms with Crippen molar-refractivity contribution in [2.75, 3.05) is 0 Å². The van der Waals surface area contributed by atoms with Crippen LogP contribution in [0, 0.1) is 11.8 Å². The van der Waals surface area contributed by atoms with E-state index in [1.807, 2.05) is 19.9 Å². The molecule has 59 heavy (non-hydrogen) atoms. The summed E-state index contributed by atoms with van der Waals surface area (Å²) in [5, 5.41) is 28.2. The van der Waals surface area contributed by atoms with Gasteiger partial charge in [-0.3, -0.25) is 33.6 Å². The summed E-state index contributed by atoms with van der Waals surface area (Å²) in [4.78, 5) is 108. The standard InChI is InChI=1S/C42H57N7O10/c1-9-30-42(58)59-25(7)35(41(57)48-34(23(4)5)40(56)43-24(6)36(52)45-30)49-39(55)33(21-28-15-17-29(51)18-16-28)47-37(53)31(19-22(2)3)46-38(54)32(44-26(8)50)20-27-13-11-10-12-14-27/h9-18,22-25,31-35,51H,19-21H2,1-8H3,(H,43,56)(H,44,50)(H,45,52)(H,46,54)(H,47,53)(H,48,57)(H,49,55)/b30-9-/t24-,25+,31+,32+,33-,34-,35+/m0/s1. The third-order valence-electron chi connectivity index (χ3n) is 9.43. The Hall–Kier alpha value is -6.26. The Kier molecular flexibility index (Phi) is 17.6.